The maximum atomic E-state index is 4.15. The van der Waals surface area contributed by atoms with Gasteiger partial charge in [-0.05, 0) is 12.8 Å². The van der Waals surface area contributed by atoms with Gasteiger partial charge >= 0.3 is 0 Å². The van der Waals surface area contributed by atoms with Crippen LogP contribution >= 0.6 is 11.7 Å². The van der Waals surface area contributed by atoms with Crippen molar-refractivity contribution in [2.24, 2.45) is 0 Å². The van der Waals surface area contributed by atoms with Gasteiger partial charge in [0.25, 0.3) is 0 Å². The van der Waals surface area contributed by atoms with E-state index in [-0.39, 0.29) is 0 Å². The molecule has 0 bridgehead atoms. The van der Waals surface area contributed by atoms with Gasteiger partial charge in [-0.15, -0.1) is 0 Å². The number of rotatable bonds is 1. The van der Waals surface area contributed by atoms with Crippen molar-refractivity contribution in [2.45, 2.75) is 12.8 Å². The van der Waals surface area contributed by atoms with Crippen LogP contribution in [0.2, 0.25) is 0 Å². The maximum Gasteiger partial charge on any atom is 0.166 e. The van der Waals surface area contributed by atoms with E-state index in [0.29, 0.717) is 0 Å². The van der Waals surface area contributed by atoms with Crippen molar-refractivity contribution in [2.75, 3.05) is 11.4 Å². The Morgan fingerprint density at radius 1 is 1.55 bits per heavy atom. The summed E-state index contributed by atoms with van der Waals surface area (Å²) < 4.78 is 8.10. The van der Waals surface area contributed by atoms with E-state index in [1.165, 1.54) is 24.6 Å². The number of aromatic nitrogens is 2. The normalized spacial score (nSPS) is 17.3. The Morgan fingerprint density at radius 3 is 3.18 bits per heavy atom. The third-order valence-corrected chi connectivity index (χ3v) is 2.17. The largest absolute Gasteiger partial charge is 0.331 e. The highest BCUT2D eigenvalue weighted by molar-refractivity contribution is 6.99. The van der Waals surface area contributed by atoms with Gasteiger partial charge in [0.1, 0.15) is 0 Å². The lowest BCUT2D eigenvalue weighted by Crippen LogP contribution is -2.19. The molecule has 4 heteroatoms. The summed E-state index contributed by atoms with van der Waals surface area (Å²) >= 11 is 1.26. The summed E-state index contributed by atoms with van der Waals surface area (Å²) in [5.41, 5.74) is 0. The first-order valence-corrected chi connectivity index (χ1v) is 4.41. The Balaban J connectivity index is 2.16. The van der Waals surface area contributed by atoms with Gasteiger partial charge < -0.3 is 4.90 Å². The summed E-state index contributed by atoms with van der Waals surface area (Å²) in [7, 11) is 0. The first-order valence-electron chi connectivity index (χ1n) is 3.68. The summed E-state index contributed by atoms with van der Waals surface area (Å²) in [5.74, 6) is 0.978. The molecular weight excluding hydrogens is 158 g/mol. The van der Waals surface area contributed by atoms with E-state index in [2.05, 4.69) is 25.9 Å². The average molecular weight is 167 g/mol. The molecule has 1 aliphatic heterocycles. The molecule has 0 radical (unpaired) electrons. The first-order chi connectivity index (χ1) is 5.47. The fourth-order valence-electron chi connectivity index (χ4n) is 1.13. The third-order valence-electron chi connectivity index (χ3n) is 1.70. The smallest absolute Gasteiger partial charge is 0.166 e. The van der Waals surface area contributed by atoms with Crippen LogP contribution in [0, 0.1) is 0 Å². The van der Waals surface area contributed by atoms with Gasteiger partial charge in [0.15, 0.2) is 5.82 Å². The molecule has 1 aromatic rings. The highest BCUT2D eigenvalue weighted by Gasteiger charge is 2.07. The van der Waals surface area contributed by atoms with E-state index < -0.39 is 0 Å². The van der Waals surface area contributed by atoms with Gasteiger partial charge in [-0.2, -0.15) is 8.75 Å². The molecule has 0 aromatic carbocycles. The fourth-order valence-corrected chi connectivity index (χ4v) is 1.56. The molecular formula is C7H9N3S. The maximum absolute atomic E-state index is 4.15. The minimum absolute atomic E-state index is 0.978. The molecule has 2 heterocycles. The van der Waals surface area contributed by atoms with Crippen LogP contribution in [-0.2, 0) is 0 Å². The van der Waals surface area contributed by atoms with Crippen LogP contribution in [0.5, 0.6) is 0 Å². The molecule has 1 aliphatic rings. The predicted octanol–water partition coefficient (Wildman–Crippen LogP) is 1.65. The summed E-state index contributed by atoms with van der Waals surface area (Å²) in [6.45, 7) is 1.07. The minimum atomic E-state index is 0.978. The van der Waals surface area contributed by atoms with Crippen molar-refractivity contribution < 1.29 is 0 Å². The van der Waals surface area contributed by atoms with Crippen LogP contribution in [0.3, 0.4) is 0 Å². The molecule has 11 heavy (non-hydrogen) atoms. The highest BCUT2D eigenvalue weighted by atomic mass is 32.1. The Labute approximate surface area is 69.7 Å². The zero-order valence-electron chi connectivity index (χ0n) is 6.10. The number of anilines is 1. The number of hydrogen-bond acceptors (Lipinski definition) is 4. The molecule has 58 valence electrons. The summed E-state index contributed by atoms with van der Waals surface area (Å²) in [4.78, 5) is 2.13. The van der Waals surface area contributed by atoms with E-state index in [0.717, 1.165) is 12.4 Å². The van der Waals surface area contributed by atoms with E-state index in [9.17, 15) is 0 Å². The molecule has 0 spiro atoms. The predicted molar refractivity (Wildman–Crippen MR) is 45.6 cm³/mol. The summed E-state index contributed by atoms with van der Waals surface area (Å²) in [5, 5.41) is 0. The van der Waals surface area contributed by atoms with Crippen LogP contribution in [0.1, 0.15) is 12.8 Å². The van der Waals surface area contributed by atoms with Crippen molar-refractivity contribution in [1.29, 1.82) is 0 Å². The molecule has 0 unspecified atom stereocenters. The standard InChI is InChI=1S/C7H9N3S/c1-2-4-10(5-3-1)7-6-8-11-9-7/h2,4,6H,1,3,5H2. The van der Waals surface area contributed by atoms with Gasteiger partial charge in [0, 0.05) is 12.7 Å². The zero-order valence-corrected chi connectivity index (χ0v) is 6.92. The molecule has 0 amide bonds. The van der Waals surface area contributed by atoms with Gasteiger partial charge in [-0.3, -0.25) is 0 Å². The monoisotopic (exact) mass is 167 g/mol. The molecule has 0 N–H and O–H groups in total. The second-order valence-electron chi connectivity index (χ2n) is 2.49. The van der Waals surface area contributed by atoms with Gasteiger partial charge in [0.2, 0.25) is 0 Å². The summed E-state index contributed by atoms with van der Waals surface area (Å²) in [6.07, 6.45) is 8.46. The van der Waals surface area contributed by atoms with Crippen molar-refractivity contribution >= 4 is 17.5 Å². The molecule has 0 aliphatic carbocycles. The Morgan fingerprint density at radius 2 is 2.55 bits per heavy atom. The average Bonchev–Trinajstić information content (AvgIpc) is 2.58. The lowest BCUT2D eigenvalue weighted by Gasteiger charge is -2.19. The second kappa shape index (κ2) is 3.00. The molecule has 3 nitrogen and oxygen atoms in total. The quantitative estimate of drug-likeness (QED) is 0.637. The van der Waals surface area contributed by atoms with Crippen molar-refractivity contribution in [3.63, 3.8) is 0 Å². The number of hydrogen-bond donors (Lipinski definition) is 0. The fraction of sp³-hybridized carbons (Fsp3) is 0.429. The van der Waals surface area contributed by atoms with Crippen LogP contribution in [0.15, 0.2) is 18.5 Å². The Hall–Kier alpha value is -0.900. The first kappa shape index (κ1) is 6.79. The molecule has 1 aromatic heterocycles. The lowest BCUT2D eigenvalue weighted by atomic mass is 10.2. The van der Waals surface area contributed by atoms with Crippen LogP contribution in [0.25, 0.3) is 0 Å². The molecule has 0 saturated heterocycles. The van der Waals surface area contributed by atoms with E-state index in [1.807, 2.05) is 0 Å². The SMILES string of the molecule is C1=CN(c2cnsn2)CCC1. The van der Waals surface area contributed by atoms with Gasteiger partial charge in [-0.1, -0.05) is 6.08 Å². The summed E-state index contributed by atoms with van der Waals surface area (Å²) in [6, 6.07) is 0. The molecule has 2 rings (SSSR count). The van der Waals surface area contributed by atoms with Crippen LogP contribution in [-0.4, -0.2) is 15.3 Å². The third kappa shape index (κ3) is 1.40. The zero-order chi connectivity index (χ0) is 7.52. The van der Waals surface area contributed by atoms with E-state index >= 15 is 0 Å². The van der Waals surface area contributed by atoms with Crippen molar-refractivity contribution in [3.8, 4) is 0 Å². The Kier molecular flexibility index (Phi) is 1.85. The van der Waals surface area contributed by atoms with Gasteiger partial charge in [0.05, 0.1) is 17.9 Å². The lowest BCUT2D eigenvalue weighted by molar-refractivity contribution is 0.781. The van der Waals surface area contributed by atoms with E-state index in [4.69, 9.17) is 0 Å². The highest BCUT2D eigenvalue weighted by Crippen LogP contribution is 2.15. The molecule has 0 atom stereocenters. The van der Waals surface area contributed by atoms with Crippen molar-refractivity contribution in [1.82, 2.24) is 8.75 Å². The van der Waals surface area contributed by atoms with Crippen LogP contribution < -0.4 is 4.90 Å². The Bertz CT molecular complexity index is 242. The van der Waals surface area contributed by atoms with E-state index in [1.54, 1.807) is 6.20 Å². The number of allylic oxidation sites excluding steroid dienone is 1. The minimum Gasteiger partial charge on any atom is -0.331 e. The molecule has 0 fully saturated rings. The van der Waals surface area contributed by atoms with Gasteiger partial charge in [-0.25, -0.2) is 0 Å². The topological polar surface area (TPSA) is 29.0 Å². The van der Waals surface area contributed by atoms with Crippen LogP contribution in [0.4, 0.5) is 5.82 Å². The number of nitrogens with zero attached hydrogens (tertiary/aromatic N) is 3. The molecule has 0 saturated carbocycles. The van der Waals surface area contributed by atoms with Crippen molar-refractivity contribution in [3.05, 3.63) is 18.5 Å². The second-order valence-corrected chi connectivity index (χ2v) is 3.04.